The van der Waals surface area contributed by atoms with E-state index in [2.05, 4.69) is 27.3 Å². The van der Waals surface area contributed by atoms with Crippen LogP contribution < -0.4 is 5.73 Å². The van der Waals surface area contributed by atoms with Gasteiger partial charge in [-0.3, -0.25) is 0 Å². The maximum absolute atomic E-state index is 11.2. The molecule has 14 heavy (non-hydrogen) atoms. The Morgan fingerprint density at radius 2 is 2.21 bits per heavy atom. The lowest BCUT2D eigenvalue weighted by Crippen LogP contribution is -2.06. The second kappa shape index (κ2) is 6.36. The molecule has 0 amide bonds. The molecule has 0 saturated carbocycles. The number of ether oxygens (including phenoxy) is 1. The van der Waals surface area contributed by atoms with Gasteiger partial charge in [0, 0.05) is 10.1 Å². The zero-order valence-electron chi connectivity index (χ0n) is 7.62. The van der Waals surface area contributed by atoms with Gasteiger partial charge in [-0.1, -0.05) is 6.07 Å². The first-order valence-corrected chi connectivity index (χ1v) is 4.83. The molecule has 5 heteroatoms. The molecule has 0 aromatic heterocycles. The molecule has 0 aliphatic rings. The van der Waals surface area contributed by atoms with E-state index in [1.807, 2.05) is 12.1 Å². The molecule has 0 fully saturated rings. The standard InChI is InChI=1S/C9H10INO2.BrH/c1-13-9(12)7-4-6(5-11)2-3-8(7)10;/h2-4H,5,11H2,1H3;1H. The Labute approximate surface area is 107 Å². The molecule has 0 spiro atoms. The molecule has 0 radical (unpaired) electrons. The lowest BCUT2D eigenvalue weighted by atomic mass is 10.1. The van der Waals surface area contributed by atoms with Gasteiger partial charge >= 0.3 is 5.97 Å². The lowest BCUT2D eigenvalue weighted by Gasteiger charge is -2.04. The third-order valence-corrected chi connectivity index (χ3v) is 2.61. The van der Waals surface area contributed by atoms with Crippen LogP contribution in [0.5, 0.6) is 0 Å². The fourth-order valence-electron chi connectivity index (χ4n) is 0.966. The van der Waals surface area contributed by atoms with Crippen molar-refractivity contribution in [3.63, 3.8) is 0 Å². The summed E-state index contributed by atoms with van der Waals surface area (Å²) < 4.78 is 5.51. The van der Waals surface area contributed by atoms with Gasteiger partial charge < -0.3 is 10.5 Å². The van der Waals surface area contributed by atoms with Gasteiger partial charge in [0.25, 0.3) is 0 Å². The number of hydrogen-bond donors (Lipinski definition) is 1. The zero-order chi connectivity index (χ0) is 9.84. The highest BCUT2D eigenvalue weighted by atomic mass is 127. The van der Waals surface area contributed by atoms with E-state index in [1.54, 1.807) is 6.07 Å². The first-order chi connectivity index (χ1) is 6.19. The van der Waals surface area contributed by atoms with E-state index in [-0.39, 0.29) is 23.0 Å². The Morgan fingerprint density at radius 1 is 1.57 bits per heavy atom. The van der Waals surface area contributed by atoms with Crippen molar-refractivity contribution in [2.45, 2.75) is 6.54 Å². The summed E-state index contributed by atoms with van der Waals surface area (Å²) in [5.74, 6) is -0.320. The number of carbonyl (C=O) groups is 1. The Morgan fingerprint density at radius 3 is 2.71 bits per heavy atom. The van der Waals surface area contributed by atoms with Crippen molar-refractivity contribution in [2.24, 2.45) is 5.73 Å². The van der Waals surface area contributed by atoms with Gasteiger partial charge in [0.2, 0.25) is 0 Å². The number of rotatable bonds is 2. The molecular weight excluding hydrogens is 361 g/mol. The van der Waals surface area contributed by atoms with Crippen LogP contribution in [0, 0.1) is 3.57 Å². The second-order valence-electron chi connectivity index (χ2n) is 2.51. The van der Waals surface area contributed by atoms with Gasteiger partial charge in [-0.2, -0.15) is 0 Å². The van der Waals surface area contributed by atoms with Gasteiger partial charge in [0.1, 0.15) is 0 Å². The Kier molecular flexibility index (Phi) is 6.30. The molecule has 1 aromatic rings. The Hall–Kier alpha value is -0.140. The first kappa shape index (κ1) is 13.9. The van der Waals surface area contributed by atoms with Gasteiger partial charge in [-0.25, -0.2) is 4.79 Å². The normalized spacial score (nSPS) is 9.07. The number of carbonyl (C=O) groups excluding carboxylic acids is 1. The number of benzene rings is 1. The molecule has 1 rings (SSSR count). The molecule has 0 unspecified atom stereocenters. The van der Waals surface area contributed by atoms with Crippen molar-refractivity contribution in [1.82, 2.24) is 0 Å². The van der Waals surface area contributed by atoms with Gasteiger partial charge in [0.05, 0.1) is 12.7 Å². The SMILES string of the molecule is Br.COC(=O)c1cc(CN)ccc1I. The van der Waals surface area contributed by atoms with Crippen LogP contribution in [0.2, 0.25) is 0 Å². The number of nitrogens with two attached hydrogens (primary N) is 1. The summed E-state index contributed by atoms with van der Waals surface area (Å²) >= 11 is 2.09. The van der Waals surface area contributed by atoms with Gasteiger partial charge in [0.15, 0.2) is 0 Å². The summed E-state index contributed by atoms with van der Waals surface area (Å²) in [6.07, 6.45) is 0. The quantitative estimate of drug-likeness (QED) is 0.640. The fourth-order valence-corrected chi connectivity index (χ4v) is 1.52. The molecular formula is C9H11BrINO2. The van der Waals surface area contributed by atoms with E-state index in [1.165, 1.54) is 7.11 Å². The minimum Gasteiger partial charge on any atom is -0.465 e. The highest BCUT2D eigenvalue weighted by Gasteiger charge is 2.09. The van der Waals surface area contributed by atoms with Crippen molar-refractivity contribution >= 4 is 45.5 Å². The van der Waals surface area contributed by atoms with Crippen molar-refractivity contribution in [1.29, 1.82) is 0 Å². The monoisotopic (exact) mass is 371 g/mol. The summed E-state index contributed by atoms with van der Waals surface area (Å²) in [7, 11) is 1.37. The van der Waals surface area contributed by atoms with Crippen LogP contribution in [-0.2, 0) is 11.3 Å². The van der Waals surface area contributed by atoms with Crippen LogP contribution >= 0.6 is 39.6 Å². The van der Waals surface area contributed by atoms with Crippen LogP contribution in [0.25, 0.3) is 0 Å². The predicted octanol–water partition coefficient (Wildman–Crippen LogP) is 2.11. The van der Waals surface area contributed by atoms with Crippen LogP contribution in [0.3, 0.4) is 0 Å². The van der Waals surface area contributed by atoms with Crippen LogP contribution in [0.15, 0.2) is 18.2 Å². The van der Waals surface area contributed by atoms with Gasteiger partial charge in [-0.15, -0.1) is 17.0 Å². The summed E-state index contributed by atoms with van der Waals surface area (Å²) in [5.41, 5.74) is 6.96. The summed E-state index contributed by atoms with van der Waals surface area (Å²) in [6.45, 7) is 0.431. The van der Waals surface area contributed by atoms with Crippen molar-refractivity contribution in [3.05, 3.63) is 32.9 Å². The Balaban J connectivity index is 0.00000169. The van der Waals surface area contributed by atoms with Gasteiger partial charge in [-0.05, 0) is 40.3 Å². The average Bonchev–Trinajstić information content (AvgIpc) is 2.17. The molecule has 2 N–H and O–H groups in total. The third-order valence-electron chi connectivity index (χ3n) is 1.67. The topological polar surface area (TPSA) is 52.3 Å². The molecule has 78 valence electrons. The highest BCUT2D eigenvalue weighted by Crippen LogP contribution is 2.15. The van der Waals surface area contributed by atoms with E-state index in [0.717, 1.165) is 9.13 Å². The summed E-state index contributed by atoms with van der Waals surface area (Å²) in [5, 5.41) is 0. The first-order valence-electron chi connectivity index (χ1n) is 3.76. The van der Waals surface area contributed by atoms with E-state index >= 15 is 0 Å². The lowest BCUT2D eigenvalue weighted by molar-refractivity contribution is 0.0599. The largest absolute Gasteiger partial charge is 0.465 e. The molecule has 0 bridgehead atoms. The minimum absolute atomic E-state index is 0. The average molecular weight is 372 g/mol. The van der Waals surface area contributed by atoms with Crippen molar-refractivity contribution in [3.8, 4) is 0 Å². The van der Waals surface area contributed by atoms with E-state index < -0.39 is 0 Å². The number of esters is 1. The maximum Gasteiger partial charge on any atom is 0.338 e. The van der Waals surface area contributed by atoms with Crippen LogP contribution in [0.1, 0.15) is 15.9 Å². The van der Waals surface area contributed by atoms with Crippen LogP contribution in [-0.4, -0.2) is 13.1 Å². The van der Waals surface area contributed by atoms with Crippen molar-refractivity contribution in [2.75, 3.05) is 7.11 Å². The maximum atomic E-state index is 11.2. The summed E-state index contributed by atoms with van der Waals surface area (Å²) in [6, 6.07) is 5.51. The van der Waals surface area contributed by atoms with E-state index in [9.17, 15) is 4.79 Å². The zero-order valence-corrected chi connectivity index (χ0v) is 11.5. The molecule has 0 aliphatic heterocycles. The Bertz CT molecular complexity index is 331. The molecule has 0 atom stereocenters. The van der Waals surface area contributed by atoms with E-state index in [4.69, 9.17) is 5.73 Å². The predicted molar refractivity (Wildman–Crippen MR) is 68.7 cm³/mol. The minimum atomic E-state index is -0.320. The van der Waals surface area contributed by atoms with Crippen molar-refractivity contribution < 1.29 is 9.53 Å². The molecule has 1 aromatic carbocycles. The smallest absolute Gasteiger partial charge is 0.338 e. The number of methoxy groups -OCH3 is 1. The fraction of sp³-hybridized carbons (Fsp3) is 0.222. The molecule has 0 aliphatic carbocycles. The molecule has 0 heterocycles. The third kappa shape index (κ3) is 3.21. The van der Waals surface area contributed by atoms with E-state index in [0.29, 0.717) is 12.1 Å². The highest BCUT2D eigenvalue weighted by molar-refractivity contribution is 14.1. The molecule has 0 saturated heterocycles. The summed E-state index contributed by atoms with van der Waals surface area (Å²) in [4.78, 5) is 11.2. The second-order valence-corrected chi connectivity index (χ2v) is 3.67. The number of halogens is 2. The molecule has 3 nitrogen and oxygen atoms in total. The number of hydrogen-bond acceptors (Lipinski definition) is 3. The van der Waals surface area contributed by atoms with Crippen LogP contribution in [0.4, 0.5) is 0 Å².